The second-order valence-electron chi connectivity index (χ2n) is 6.21. The number of ether oxygens (including phenoxy) is 2. The van der Waals surface area contributed by atoms with Crippen LogP contribution in [0.1, 0.15) is 21.6 Å². The molecule has 0 unspecified atom stereocenters. The predicted octanol–water partition coefficient (Wildman–Crippen LogP) is 2.47. The van der Waals surface area contributed by atoms with Crippen LogP contribution in [0.25, 0.3) is 0 Å². The van der Waals surface area contributed by atoms with Gasteiger partial charge in [0.2, 0.25) is 0 Å². The van der Waals surface area contributed by atoms with E-state index in [1.54, 1.807) is 38.7 Å². The molecule has 3 rings (SSSR count). The van der Waals surface area contributed by atoms with Crippen molar-refractivity contribution in [1.29, 1.82) is 0 Å². The molecule has 0 aliphatic heterocycles. The Labute approximate surface area is 169 Å². The number of carbonyl (C=O) groups is 1. The molecule has 0 radical (unpaired) electrons. The van der Waals surface area contributed by atoms with Crippen molar-refractivity contribution in [2.24, 2.45) is 0 Å². The van der Waals surface area contributed by atoms with E-state index in [4.69, 9.17) is 9.47 Å². The van der Waals surface area contributed by atoms with Gasteiger partial charge in [0, 0.05) is 25.5 Å². The van der Waals surface area contributed by atoms with Gasteiger partial charge in [-0.1, -0.05) is 6.07 Å². The number of hydrogen-bond acceptors (Lipinski definition) is 7. The van der Waals surface area contributed by atoms with Crippen LogP contribution in [0.5, 0.6) is 11.5 Å². The van der Waals surface area contributed by atoms with Gasteiger partial charge < -0.3 is 20.1 Å². The molecule has 3 aromatic rings. The summed E-state index contributed by atoms with van der Waals surface area (Å²) in [5.74, 6) is 1.67. The lowest BCUT2D eigenvalue weighted by Gasteiger charge is -2.10. The molecule has 2 heterocycles. The van der Waals surface area contributed by atoms with E-state index in [9.17, 15) is 4.79 Å². The van der Waals surface area contributed by atoms with Gasteiger partial charge in [-0.2, -0.15) is 0 Å². The summed E-state index contributed by atoms with van der Waals surface area (Å²) < 4.78 is 10.5. The smallest absolute Gasteiger partial charge is 0.271 e. The fourth-order valence-corrected chi connectivity index (χ4v) is 2.69. The Kier molecular flexibility index (Phi) is 6.94. The third-order valence-electron chi connectivity index (χ3n) is 4.27. The van der Waals surface area contributed by atoms with Crippen LogP contribution in [0.4, 0.5) is 5.82 Å². The molecule has 150 valence electrons. The van der Waals surface area contributed by atoms with Crippen molar-refractivity contribution >= 4 is 11.7 Å². The van der Waals surface area contributed by atoms with Gasteiger partial charge in [-0.15, -0.1) is 10.2 Å². The third-order valence-corrected chi connectivity index (χ3v) is 4.27. The summed E-state index contributed by atoms with van der Waals surface area (Å²) in [6.07, 6.45) is 4.13. The van der Waals surface area contributed by atoms with Crippen molar-refractivity contribution in [1.82, 2.24) is 20.5 Å². The Morgan fingerprint density at radius 2 is 1.72 bits per heavy atom. The summed E-state index contributed by atoms with van der Waals surface area (Å²) in [6, 6.07) is 12.9. The molecule has 1 amide bonds. The Bertz CT molecular complexity index is 933. The summed E-state index contributed by atoms with van der Waals surface area (Å²) >= 11 is 0. The lowest BCUT2D eigenvalue weighted by atomic mass is 10.1. The number of nitrogens with zero attached hydrogens (tertiary/aromatic N) is 3. The van der Waals surface area contributed by atoms with Crippen molar-refractivity contribution in [3.8, 4) is 11.5 Å². The number of nitrogens with one attached hydrogen (secondary N) is 2. The topological polar surface area (TPSA) is 98.3 Å². The number of pyridine rings is 1. The predicted molar refractivity (Wildman–Crippen MR) is 109 cm³/mol. The first-order valence-corrected chi connectivity index (χ1v) is 9.15. The van der Waals surface area contributed by atoms with Crippen molar-refractivity contribution < 1.29 is 14.3 Å². The summed E-state index contributed by atoms with van der Waals surface area (Å²) in [5, 5.41) is 14.1. The molecular weight excluding hydrogens is 370 g/mol. The van der Waals surface area contributed by atoms with Crippen LogP contribution in [0, 0.1) is 0 Å². The highest BCUT2D eigenvalue weighted by Crippen LogP contribution is 2.27. The normalized spacial score (nSPS) is 10.3. The fourth-order valence-electron chi connectivity index (χ4n) is 2.69. The number of aromatic nitrogens is 3. The molecule has 0 bridgehead atoms. The minimum atomic E-state index is -0.265. The van der Waals surface area contributed by atoms with E-state index in [0.717, 1.165) is 11.1 Å². The monoisotopic (exact) mass is 393 g/mol. The second-order valence-corrected chi connectivity index (χ2v) is 6.21. The van der Waals surface area contributed by atoms with E-state index < -0.39 is 0 Å². The van der Waals surface area contributed by atoms with Crippen LogP contribution >= 0.6 is 0 Å². The van der Waals surface area contributed by atoms with Crippen molar-refractivity contribution in [2.45, 2.75) is 13.0 Å². The molecule has 0 saturated carbocycles. The maximum absolute atomic E-state index is 12.3. The molecule has 0 aliphatic rings. The van der Waals surface area contributed by atoms with E-state index in [1.807, 2.05) is 30.3 Å². The van der Waals surface area contributed by atoms with Gasteiger partial charge in [-0.05, 0) is 53.9 Å². The zero-order valence-corrected chi connectivity index (χ0v) is 16.4. The Morgan fingerprint density at radius 3 is 2.41 bits per heavy atom. The molecule has 2 aromatic heterocycles. The highest BCUT2D eigenvalue weighted by molar-refractivity contribution is 5.92. The zero-order valence-electron chi connectivity index (χ0n) is 16.4. The van der Waals surface area contributed by atoms with E-state index >= 15 is 0 Å². The summed E-state index contributed by atoms with van der Waals surface area (Å²) in [6.45, 7) is 1.08. The van der Waals surface area contributed by atoms with E-state index in [2.05, 4.69) is 25.8 Å². The van der Waals surface area contributed by atoms with Crippen LogP contribution in [0.2, 0.25) is 0 Å². The maximum atomic E-state index is 12.3. The molecule has 0 atom stereocenters. The molecule has 0 fully saturated rings. The Balaban J connectivity index is 1.48. The molecular formula is C21H23N5O3. The number of anilines is 1. The Morgan fingerprint density at radius 1 is 0.931 bits per heavy atom. The number of amides is 1. The van der Waals surface area contributed by atoms with Crippen LogP contribution in [0.3, 0.4) is 0 Å². The lowest BCUT2D eigenvalue weighted by Crippen LogP contribution is -2.26. The van der Waals surface area contributed by atoms with Crippen LogP contribution in [-0.4, -0.2) is 41.9 Å². The fraction of sp³-hybridized carbons (Fsp3) is 0.238. The summed E-state index contributed by atoms with van der Waals surface area (Å²) in [7, 11) is 3.19. The molecule has 0 aliphatic carbocycles. The summed E-state index contributed by atoms with van der Waals surface area (Å²) in [5.41, 5.74) is 2.38. The van der Waals surface area contributed by atoms with E-state index in [-0.39, 0.29) is 11.6 Å². The standard InChI is InChI=1S/C21H23N5O3/c1-28-18-5-3-15(13-19(18)29-2)9-12-23-21(27)17-4-6-20(26-25-17)24-14-16-7-10-22-11-8-16/h3-8,10-11,13H,9,12,14H2,1-2H3,(H,23,27)(H,24,26). The van der Waals surface area contributed by atoms with Crippen LogP contribution in [0.15, 0.2) is 54.9 Å². The number of rotatable bonds is 9. The van der Waals surface area contributed by atoms with Gasteiger partial charge in [-0.25, -0.2) is 0 Å². The molecule has 8 heteroatoms. The first kappa shape index (κ1) is 20.1. The highest BCUT2D eigenvalue weighted by Gasteiger charge is 2.09. The first-order valence-electron chi connectivity index (χ1n) is 9.15. The SMILES string of the molecule is COc1ccc(CCNC(=O)c2ccc(NCc3ccncc3)nn2)cc1OC. The molecule has 0 spiro atoms. The number of methoxy groups -OCH3 is 2. The van der Waals surface area contributed by atoms with E-state index in [1.165, 1.54) is 0 Å². The maximum Gasteiger partial charge on any atom is 0.271 e. The molecule has 8 nitrogen and oxygen atoms in total. The Hall–Kier alpha value is -3.68. The van der Waals surface area contributed by atoms with Gasteiger partial charge in [0.05, 0.1) is 14.2 Å². The quantitative estimate of drug-likeness (QED) is 0.576. The van der Waals surface area contributed by atoms with Gasteiger partial charge in [-0.3, -0.25) is 9.78 Å². The highest BCUT2D eigenvalue weighted by atomic mass is 16.5. The van der Waals surface area contributed by atoms with Gasteiger partial charge in [0.15, 0.2) is 17.2 Å². The molecule has 1 aromatic carbocycles. The summed E-state index contributed by atoms with van der Waals surface area (Å²) in [4.78, 5) is 16.2. The minimum absolute atomic E-state index is 0.265. The number of benzene rings is 1. The average Bonchev–Trinajstić information content (AvgIpc) is 2.78. The van der Waals surface area contributed by atoms with Crippen LogP contribution < -0.4 is 20.1 Å². The van der Waals surface area contributed by atoms with Crippen LogP contribution in [-0.2, 0) is 13.0 Å². The van der Waals surface area contributed by atoms with Gasteiger partial charge in [0.1, 0.15) is 5.82 Å². The molecule has 29 heavy (non-hydrogen) atoms. The average molecular weight is 393 g/mol. The number of carbonyl (C=O) groups excluding carboxylic acids is 1. The van der Waals surface area contributed by atoms with E-state index in [0.29, 0.717) is 36.8 Å². The van der Waals surface area contributed by atoms with Crippen molar-refractivity contribution in [3.05, 3.63) is 71.7 Å². The number of hydrogen-bond donors (Lipinski definition) is 2. The lowest BCUT2D eigenvalue weighted by molar-refractivity contribution is 0.0948. The van der Waals surface area contributed by atoms with Gasteiger partial charge in [0.25, 0.3) is 5.91 Å². The molecule has 0 saturated heterocycles. The van der Waals surface area contributed by atoms with Gasteiger partial charge >= 0.3 is 0 Å². The van der Waals surface area contributed by atoms with Crippen molar-refractivity contribution in [2.75, 3.05) is 26.1 Å². The minimum Gasteiger partial charge on any atom is -0.493 e. The zero-order chi connectivity index (χ0) is 20.5. The third kappa shape index (κ3) is 5.65. The largest absolute Gasteiger partial charge is 0.493 e. The second kappa shape index (κ2) is 10.0. The first-order chi connectivity index (χ1) is 14.2. The molecule has 2 N–H and O–H groups in total. The van der Waals surface area contributed by atoms with Crippen molar-refractivity contribution in [3.63, 3.8) is 0 Å².